The van der Waals surface area contributed by atoms with Gasteiger partial charge in [0.1, 0.15) is 6.29 Å². The van der Waals surface area contributed by atoms with E-state index in [9.17, 15) is 20.0 Å². The standard InChI is InChI=1S/C31H33ClN4O3/c1-21-12-27(32)15-28(13-21)34-31(39)19-36(17-29(20-37)35-11-10-30(38)18-35)22(2)24-6-8-25(9-7-24)26-5-3-4-23(14-26)16-33/h3-9,12-15,20,22,29-30,38H,10-11,17-19H2,1-2H3,(H,34,39). The molecule has 0 radical (unpaired) electrons. The lowest BCUT2D eigenvalue weighted by molar-refractivity contribution is -0.119. The zero-order chi connectivity index (χ0) is 27.9. The fourth-order valence-electron chi connectivity index (χ4n) is 5.04. The summed E-state index contributed by atoms with van der Waals surface area (Å²) in [5.41, 5.74) is 5.10. The van der Waals surface area contributed by atoms with Gasteiger partial charge in [-0.1, -0.05) is 48.0 Å². The fraction of sp³-hybridized carbons (Fsp3) is 0.323. The topological polar surface area (TPSA) is 96.7 Å². The van der Waals surface area contributed by atoms with Gasteiger partial charge >= 0.3 is 0 Å². The first-order chi connectivity index (χ1) is 18.7. The van der Waals surface area contributed by atoms with Crippen LogP contribution >= 0.6 is 11.6 Å². The number of nitrogens with one attached hydrogen (secondary N) is 1. The molecule has 3 atom stereocenters. The van der Waals surface area contributed by atoms with E-state index < -0.39 is 12.1 Å². The minimum absolute atomic E-state index is 0.0689. The predicted molar refractivity (Wildman–Crippen MR) is 153 cm³/mol. The van der Waals surface area contributed by atoms with E-state index in [0.717, 1.165) is 28.5 Å². The number of anilines is 1. The van der Waals surface area contributed by atoms with Gasteiger partial charge in [-0.05, 0) is 72.9 Å². The van der Waals surface area contributed by atoms with Crippen molar-refractivity contribution >= 4 is 29.5 Å². The zero-order valence-electron chi connectivity index (χ0n) is 22.2. The number of carbonyl (C=O) groups excluding carboxylic acids is 2. The van der Waals surface area contributed by atoms with E-state index in [-0.39, 0.29) is 18.5 Å². The molecule has 0 spiro atoms. The maximum Gasteiger partial charge on any atom is 0.238 e. The molecular weight excluding hydrogens is 512 g/mol. The summed E-state index contributed by atoms with van der Waals surface area (Å²) in [6, 6.07) is 22.4. The highest BCUT2D eigenvalue weighted by molar-refractivity contribution is 6.31. The number of benzene rings is 3. The van der Waals surface area contributed by atoms with Gasteiger partial charge < -0.3 is 15.2 Å². The number of nitrogens with zero attached hydrogens (tertiary/aromatic N) is 3. The number of aliphatic hydroxyl groups excluding tert-OH is 1. The highest BCUT2D eigenvalue weighted by Crippen LogP contribution is 2.27. The Bertz CT molecular complexity index is 1330. The Labute approximate surface area is 234 Å². The Balaban J connectivity index is 1.55. The first-order valence-corrected chi connectivity index (χ1v) is 13.4. The number of hydrogen-bond donors (Lipinski definition) is 2. The summed E-state index contributed by atoms with van der Waals surface area (Å²) in [4.78, 5) is 29.2. The van der Waals surface area contributed by atoms with Crippen molar-refractivity contribution in [1.82, 2.24) is 9.80 Å². The van der Waals surface area contributed by atoms with Crippen LogP contribution in [0.5, 0.6) is 0 Å². The van der Waals surface area contributed by atoms with E-state index in [0.29, 0.717) is 42.3 Å². The SMILES string of the molecule is Cc1cc(Cl)cc(NC(=O)CN(CC(C=O)N2CCC(O)C2)C(C)c2ccc(-c3cccc(C#N)c3)cc2)c1. The first-order valence-electron chi connectivity index (χ1n) is 13.0. The van der Waals surface area contributed by atoms with Crippen molar-refractivity contribution in [3.8, 4) is 17.2 Å². The summed E-state index contributed by atoms with van der Waals surface area (Å²) in [6.07, 6.45) is 1.09. The number of halogens is 1. The monoisotopic (exact) mass is 544 g/mol. The van der Waals surface area contributed by atoms with E-state index in [2.05, 4.69) is 11.4 Å². The van der Waals surface area contributed by atoms with Gasteiger partial charge in [-0.2, -0.15) is 5.26 Å². The number of aryl methyl sites for hydroxylation is 1. The molecule has 1 aliphatic rings. The molecular formula is C31H33ClN4O3. The van der Waals surface area contributed by atoms with Crippen LogP contribution in [0.1, 0.15) is 36.1 Å². The highest BCUT2D eigenvalue weighted by Gasteiger charge is 2.30. The molecule has 39 heavy (non-hydrogen) atoms. The molecule has 2 N–H and O–H groups in total. The second-order valence-corrected chi connectivity index (χ2v) is 10.6. The van der Waals surface area contributed by atoms with E-state index in [1.54, 1.807) is 12.1 Å². The molecule has 4 rings (SSSR count). The molecule has 3 unspecified atom stereocenters. The van der Waals surface area contributed by atoms with Crippen molar-refractivity contribution < 1.29 is 14.7 Å². The molecule has 1 saturated heterocycles. The molecule has 0 bridgehead atoms. The Morgan fingerprint density at radius 3 is 2.62 bits per heavy atom. The lowest BCUT2D eigenvalue weighted by Gasteiger charge is -2.34. The molecule has 3 aromatic carbocycles. The van der Waals surface area contributed by atoms with E-state index in [1.807, 2.05) is 78.2 Å². The summed E-state index contributed by atoms with van der Waals surface area (Å²) in [6.45, 7) is 5.41. The van der Waals surface area contributed by atoms with Gasteiger partial charge in [0.15, 0.2) is 0 Å². The number of hydrogen-bond acceptors (Lipinski definition) is 6. The van der Waals surface area contributed by atoms with E-state index >= 15 is 0 Å². The van der Waals surface area contributed by atoms with Crippen LogP contribution in [0, 0.1) is 18.3 Å². The molecule has 7 nitrogen and oxygen atoms in total. The van der Waals surface area contributed by atoms with Gasteiger partial charge in [0.2, 0.25) is 5.91 Å². The molecule has 1 amide bonds. The Hall–Kier alpha value is -3.54. The smallest absolute Gasteiger partial charge is 0.238 e. The van der Waals surface area contributed by atoms with Gasteiger partial charge in [0, 0.05) is 36.4 Å². The number of nitriles is 1. The maximum atomic E-state index is 13.2. The molecule has 1 aliphatic heterocycles. The third-order valence-corrected chi connectivity index (χ3v) is 7.40. The molecule has 1 heterocycles. The lowest BCUT2D eigenvalue weighted by atomic mass is 9.99. The summed E-state index contributed by atoms with van der Waals surface area (Å²) < 4.78 is 0. The minimum Gasteiger partial charge on any atom is -0.392 e. The number of likely N-dealkylation sites (tertiary alicyclic amines) is 1. The van der Waals surface area contributed by atoms with Crippen LogP contribution < -0.4 is 5.32 Å². The third kappa shape index (κ3) is 7.53. The Morgan fingerprint density at radius 2 is 1.97 bits per heavy atom. The van der Waals surface area contributed by atoms with Gasteiger partial charge in [-0.15, -0.1) is 0 Å². The number of β-amino-alcohol motifs (C(OH)–C–C–N with tert-alkyl or cyclic N) is 1. The number of aliphatic hydroxyl groups is 1. The van der Waals surface area contributed by atoms with Crippen molar-refractivity contribution in [3.05, 3.63) is 88.4 Å². The molecule has 202 valence electrons. The largest absolute Gasteiger partial charge is 0.392 e. The maximum absolute atomic E-state index is 13.2. The van der Waals surface area contributed by atoms with Gasteiger partial charge in [0.05, 0.1) is 30.3 Å². The van der Waals surface area contributed by atoms with Crippen LogP contribution in [0.3, 0.4) is 0 Å². The fourth-order valence-corrected chi connectivity index (χ4v) is 5.33. The second kappa shape index (κ2) is 13.0. The lowest BCUT2D eigenvalue weighted by Crippen LogP contribution is -2.47. The van der Waals surface area contributed by atoms with Crippen molar-refractivity contribution in [3.63, 3.8) is 0 Å². The molecule has 0 aromatic heterocycles. The predicted octanol–water partition coefficient (Wildman–Crippen LogP) is 4.82. The first kappa shape index (κ1) is 28.5. The van der Waals surface area contributed by atoms with Crippen LogP contribution in [-0.4, -0.2) is 65.4 Å². The molecule has 0 aliphatic carbocycles. The number of carbonyl (C=O) groups is 2. The average Bonchev–Trinajstić information content (AvgIpc) is 3.36. The second-order valence-electron chi connectivity index (χ2n) is 10.1. The summed E-state index contributed by atoms with van der Waals surface area (Å²) in [5, 5.41) is 22.7. The molecule has 1 fully saturated rings. The number of rotatable bonds is 10. The van der Waals surface area contributed by atoms with Crippen LogP contribution in [0.4, 0.5) is 5.69 Å². The van der Waals surface area contributed by atoms with Gasteiger partial charge in [-0.3, -0.25) is 14.6 Å². The number of aldehydes is 1. The van der Waals surface area contributed by atoms with Crippen molar-refractivity contribution in [2.75, 3.05) is 31.5 Å². The number of amides is 1. The van der Waals surface area contributed by atoms with E-state index in [4.69, 9.17) is 11.6 Å². The van der Waals surface area contributed by atoms with E-state index in [1.165, 1.54) is 0 Å². The van der Waals surface area contributed by atoms with Gasteiger partial charge in [0.25, 0.3) is 0 Å². The molecule has 3 aromatic rings. The Kier molecular flexibility index (Phi) is 9.50. The third-order valence-electron chi connectivity index (χ3n) is 7.18. The van der Waals surface area contributed by atoms with Crippen molar-refractivity contribution in [2.45, 2.75) is 38.5 Å². The minimum atomic E-state index is -0.446. The summed E-state index contributed by atoms with van der Waals surface area (Å²) in [7, 11) is 0. The zero-order valence-corrected chi connectivity index (χ0v) is 22.9. The highest BCUT2D eigenvalue weighted by atomic mass is 35.5. The van der Waals surface area contributed by atoms with Crippen LogP contribution in [0.25, 0.3) is 11.1 Å². The van der Waals surface area contributed by atoms with Gasteiger partial charge in [-0.25, -0.2) is 0 Å². The molecule has 0 saturated carbocycles. The van der Waals surface area contributed by atoms with Crippen LogP contribution in [0.15, 0.2) is 66.7 Å². The van der Waals surface area contributed by atoms with Crippen LogP contribution in [-0.2, 0) is 9.59 Å². The average molecular weight is 545 g/mol. The quantitative estimate of drug-likeness (QED) is 0.355. The van der Waals surface area contributed by atoms with Crippen molar-refractivity contribution in [2.24, 2.45) is 0 Å². The summed E-state index contributed by atoms with van der Waals surface area (Å²) >= 11 is 6.17. The van der Waals surface area contributed by atoms with Crippen LogP contribution in [0.2, 0.25) is 5.02 Å². The normalized spacial score (nSPS) is 17.0. The Morgan fingerprint density at radius 1 is 1.21 bits per heavy atom. The van der Waals surface area contributed by atoms with Crippen molar-refractivity contribution in [1.29, 1.82) is 5.26 Å². The molecule has 8 heteroatoms. The summed E-state index contributed by atoms with van der Waals surface area (Å²) in [5.74, 6) is -0.209.